The molecule has 104 valence electrons. The van der Waals surface area contributed by atoms with Crippen LogP contribution in [-0.2, 0) is 0 Å². The van der Waals surface area contributed by atoms with Crippen LogP contribution in [0.15, 0.2) is 17.9 Å². The maximum atomic E-state index is 4.40. The largest absolute Gasteiger partial charge is 0.369 e. The third kappa shape index (κ3) is 2.41. The lowest BCUT2D eigenvalue weighted by molar-refractivity contribution is 0.792. The molecule has 1 unspecified atom stereocenters. The van der Waals surface area contributed by atoms with Crippen molar-refractivity contribution in [3.05, 3.63) is 33.4 Å². The minimum atomic E-state index is 0.375. The second-order valence-corrected chi connectivity index (χ2v) is 6.97. The van der Waals surface area contributed by atoms with Gasteiger partial charge in [0.05, 0.1) is 10.4 Å². The Labute approximate surface area is 125 Å². The van der Waals surface area contributed by atoms with Gasteiger partial charge in [0, 0.05) is 28.9 Å². The summed E-state index contributed by atoms with van der Waals surface area (Å²) in [5.74, 6) is 1.31. The van der Waals surface area contributed by atoms with Crippen LogP contribution in [0.4, 0.5) is 5.82 Å². The minimum absolute atomic E-state index is 0.375. The highest BCUT2D eigenvalue weighted by atomic mass is 32.1. The molecule has 0 saturated carbocycles. The molecule has 0 fully saturated rings. The molecule has 0 amide bonds. The van der Waals surface area contributed by atoms with Crippen molar-refractivity contribution in [2.24, 2.45) is 0 Å². The van der Waals surface area contributed by atoms with Crippen molar-refractivity contribution < 1.29 is 0 Å². The first-order valence-corrected chi connectivity index (χ1v) is 8.20. The van der Waals surface area contributed by atoms with Crippen molar-refractivity contribution in [1.29, 1.82) is 0 Å². The number of hydrogen-bond acceptors (Lipinski definition) is 6. The Morgan fingerprint density at radius 1 is 1.25 bits per heavy atom. The average molecular weight is 304 g/mol. The molecule has 3 aromatic heterocycles. The van der Waals surface area contributed by atoms with Crippen molar-refractivity contribution in [3.63, 3.8) is 0 Å². The SMILES string of the molecule is Cc1sc2ncnc(NCC(C)c3nccs3)c2c1C. The Kier molecular flexibility index (Phi) is 3.67. The van der Waals surface area contributed by atoms with E-state index >= 15 is 0 Å². The highest BCUT2D eigenvalue weighted by Gasteiger charge is 2.13. The van der Waals surface area contributed by atoms with E-state index in [0.717, 1.165) is 27.6 Å². The second kappa shape index (κ2) is 5.46. The maximum absolute atomic E-state index is 4.40. The predicted octanol–water partition coefficient (Wildman–Crippen LogP) is 3.98. The second-order valence-electron chi connectivity index (χ2n) is 4.84. The van der Waals surface area contributed by atoms with Crippen LogP contribution >= 0.6 is 22.7 Å². The van der Waals surface area contributed by atoms with Crippen LogP contribution in [0.3, 0.4) is 0 Å². The maximum Gasteiger partial charge on any atom is 0.138 e. The van der Waals surface area contributed by atoms with Crippen LogP contribution in [0, 0.1) is 13.8 Å². The molecular weight excluding hydrogens is 288 g/mol. The van der Waals surface area contributed by atoms with Crippen LogP contribution in [0.2, 0.25) is 0 Å². The molecule has 0 bridgehead atoms. The number of nitrogens with zero attached hydrogens (tertiary/aromatic N) is 3. The number of aromatic nitrogens is 3. The molecule has 0 spiro atoms. The van der Waals surface area contributed by atoms with Crippen molar-refractivity contribution >= 4 is 38.7 Å². The van der Waals surface area contributed by atoms with E-state index in [4.69, 9.17) is 0 Å². The van der Waals surface area contributed by atoms with Gasteiger partial charge in [0.2, 0.25) is 0 Å². The third-order valence-electron chi connectivity index (χ3n) is 3.41. The van der Waals surface area contributed by atoms with Crippen LogP contribution in [0.5, 0.6) is 0 Å². The summed E-state index contributed by atoms with van der Waals surface area (Å²) in [6.45, 7) is 7.26. The molecule has 1 N–H and O–H groups in total. The fourth-order valence-corrected chi connectivity index (χ4v) is 3.83. The lowest BCUT2D eigenvalue weighted by atomic mass is 10.2. The summed E-state index contributed by atoms with van der Waals surface area (Å²) in [4.78, 5) is 15.5. The number of fused-ring (bicyclic) bond motifs is 1. The number of aryl methyl sites for hydroxylation is 2. The van der Waals surface area contributed by atoms with E-state index in [1.807, 2.05) is 11.6 Å². The summed E-state index contributed by atoms with van der Waals surface area (Å²) in [6, 6.07) is 0. The van der Waals surface area contributed by atoms with Gasteiger partial charge in [-0.15, -0.1) is 22.7 Å². The van der Waals surface area contributed by atoms with Gasteiger partial charge < -0.3 is 5.32 Å². The first kappa shape index (κ1) is 13.5. The van der Waals surface area contributed by atoms with E-state index < -0.39 is 0 Å². The van der Waals surface area contributed by atoms with Gasteiger partial charge in [0.1, 0.15) is 17.0 Å². The fourth-order valence-electron chi connectivity index (χ4n) is 2.13. The molecule has 4 nitrogen and oxygen atoms in total. The molecule has 0 radical (unpaired) electrons. The molecule has 20 heavy (non-hydrogen) atoms. The molecule has 3 rings (SSSR count). The fraction of sp³-hybridized carbons (Fsp3) is 0.357. The van der Waals surface area contributed by atoms with Crippen LogP contribution in [-0.4, -0.2) is 21.5 Å². The Balaban J connectivity index is 1.84. The number of anilines is 1. The first-order chi connectivity index (χ1) is 9.66. The van der Waals surface area contributed by atoms with Gasteiger partial charge >= 0.3 is 0 Å². The van der Waals surface area contributed by atoms with Crippen LogP contribution < -0.4 is 5.32 Å². The van der Waals surface area contributed by atoms with Gasteiger partial charge in [-0.25, -0.2) is 15.0 Å². The molecular formula is C14H16N4S2. The highest BCUT2D eigenvalue weighted by Crippen LogP contribution is 2.32. The number of nitrogens with one attached hydrogen (secondary N) is 1. The Morgan fingerprint density at radius 2 is 2.10 bits per heavy atom. The lowest BCUT2D eigenvalue weighted by Crippen LogP contribution is -2.11. The lowest BCUT2D eigenvalue weighted by Gasteiger charge is -2.11. The normalized spacial score (nSPS) is 12.8. The molecule has 0 aliphatic heterocycles. The predicted molar refractivity (Wildman–Crippen MR) is 85.9 cm³/mol. The highest BCUT2D eigenvalue weighted by molar-refractivity contribution is 7.18. The van der Waals surface area contributed by atoms with Gasteiger partial charge in [0.15, 0.2) is 0 Å². The van der Waals surface area contributed by atoms with Crippen LogP contribution in [0.1, 0.15) is 28.3 Å². The molecule has 0 aliphatic carbocycles. The number of rotatable bonds is 4. The summed E-state index contributed by atoms with van der Waals surface area (Å²) in [5.41, 5.74) is 1.27. The van der Waals surface area contributed by atoms with E-state index in [2.05, 4.69) is 41.0 Å². The monoisotopic (exact) mass is 304 g/mol. The minimum Gasteiger partial charge on any atom is -0.369 e. The van der Waals surface area contributed by atoms with Crippen molar-refractivity contribution in [1.82, 2.24) is 15.0 Å². The smallest absolute Gasteiger partial charge is 0.138 e. The zero-order chi connectivity index (χ0) is 14.1. The summed E-state index contributed by atoms with van der Waals surface area (Å²) in [5, 5.41) is 7.77. The molecule has 0 aliphatic rings. The first-order valence-electron chi connectivity index (χ1n) is 6.50. The number of thiophene rings is 1. The molecule has 1 atom stereocenters. The van der Waals surface area contributed by atoms with E-state index in [9.17, 15) is 0 Å². The van der Waals surface area contributed by atoms with Gasteiger partial charge in [-0.05, 0) is 19.4 Å². The third-order valence-corrected chi connectivity index (χ3v) is 5.54. The molecule has 0 saturated heterocycles. The summed E-state index contributed by atoms with van der Waals surface area (Å²) in [7, 11) is 0. The van der Waals surface area contributed by atoms with Crippen molar-refractivity contribution in [2.45, 2.75) is 26.7 Å². The van der Waals surface area contributed by atoms with Gasteiger partial charge in [-0.2, -0.15) is 0 Å². The van der Waals surface area contributed by atoms with Gasteiger partial charge in [0.25, 0.3) is 0 Å². The average Bonchev–Trinajstić information content (AvgIpc) is 3.06. The van der Waals surface area contributed by atoms with Crippen LogP contribution in [0.25, 0.3) is 10.2 Å². The van der Waals surface area contributed by atoms with Crippen molar-refractivity contribution in [3.8, 4) is 0 Å². The van der Waals surface area contributed by atoms with E-state index in [1.54, 1.807) is 29.0 Å². The molecule has 3 heterocycles. The Hall–Kier alpha value is -1.53. The summed E-state index contributed by atoms with van der Waals surface area (Å²) in [6.07, 6.45) is 3.49. The Bertz CT molecular complexity index is 718. The quantitative estimate of drug-likeness (QED) is 0.792. The molecule has 6 heteroatoms. The van der Waals surface area contributed by atoms with Gasteiger partial charge in [-0.3, -0.25) is 0 Å². The standard InChI is InChI=1S/C14H16N4S2/c1-8(13-15-4-5-19-13)6-16-12-11-9(2)10(3)20-14(11)18-7-17-12/h4-5,7-8H,6H2,1-3H3,(H,16,17,18). The van der Waals surface area contributed by atoms with Gasteiger partial charge in [-0.1, -0.05) is 6.92 Å². The summed E-state index contributed by atoms with van der Waals surface area (Å²) >= 11 is 3.42. The molecule has 0 aromatic carbocycles. The van der Waals surface area contributed by atoms with E-state index in [-0.39, 0.29) is 0 Å². The topological polar surface area (TPSA) is 50.7 Å². The number of thiazole rings is 1. The zero-order valence-electron chi connectivity index (χ0n) is 11.7. The van der Waals surface area contributed by atoms with E-state index in [0.29, 0.717) is 5.92 Å². The number of hydrogen-bond donors (Lipinski definition) is 1. The van der Waals surface area contributed by atoms with Crippen molar-refractivity contribution in [2.75, 3.05) is 11.9 Å². The zero-order valence-corrected chi connectivity index (χ0v) is 13.3. The Morgan fingerprint density at radius 3 is 2.85 bits per heavy atom. The molecule has 3 aromatic rings. The van der Waals surface area contributed by atoms with E-state index in [1.165, 1.54) is 10.4 Å². The summed E-state index contributed by atoms with van der Waals surface area (Å²) < 4.78 is 0.